The van der Waals surface area contributed by atoms with Crippen LogP contribution in [-0.4, -0.2) is 27.0 Å². The number of halogens is 6. The molecule has 0 aliphatic carbocycles. The summed E-state index contributed by atoms with van der Waals surface area (Å²) in [6.45, 7) is 1.45. The number of benzene rings is 1. The monoisotopic (exact) mass is 510 g/mol. The summed E-state index contributed by atoms with van der Waals surface area (Å²) in [5.41, 5.74) is -0.122. The van der Waals surface area contributed by atoms with Crippen LogP contribution in [0.5, 0.6) is 11.5 Å². The minimum Gasteiger partial charge on any atom is -0.496 e. The van der Waals surface area contributed by atoms with E-state index in [4.69, 9.17) is 21.1 Å². The van der Waals surface area contributed by atoms with Crippen LogP contribution in [0.4, 0.5) is 22.0 Å². The standard InChI is InChI=1S/C23H16ClF5N4O2/c1-11(19-16(25)7-13(10-31-19)23(27,28)29)35-14-4-5-15(17(8-14)34-2)20-21(24)33-22(32-20)12-3-6-18(26)30-9-12/h3-11H,1-2H3,(H,32,33). The van der Waals surface area contributed by atoms with E-state index in [-0.39, 0.29) is 16.6 Å². The normalized spacial score (nSPS) is 12.5. The summed E-state index contributed by atoms with van der Waals surface area (Å²) < 4.78 is 76.8. The molecule has 4 aromatic rings. The number of ether oxygens (including phenoxy) is 2. The van der Waals surface area contributed by atoms with Gasteiger partial charge in [0.2, 0.25) is 5.95 Å². The second-order valence-corrected chi connectivity index (χ2v) is 7.71. The highest BCUT2D eigenvalue weighted by Crippen LogP contribution is 2.38. The first kappa shape index (κ1) is 24.4. The van der Waals surface area contributed by atoms with Crippen molar-refractivity contribution in [2.75, 3.05) is 7.11 Å². The smallest absolute Gasteiger partial charge is 0.417 e. The quantitative estimate of drug-likeness (QED) is 0.233. The highest BCUT2D eigenvalue weighted by Gasteiger charge is 2.32. The Hall–Kier alpha value is -3.73. The van der Waals surface area contributed by atoms with Crippen LogP contribution in [0.15, 0.2) is 48.8 Å². The minimum absolute atomic E-state index is 0.195. The molecule has 1 aromatic carbocycles. The second-order valence-electron chi connectivity index (χ2n) is 7.33. The van der Waals surface area contributed by atoms with Gasteiger partial charge in [0.25, 0.3) is 0 Å². The van der Waals surface area contributed by atoms with Crippen LogP contribution in [0, 0.1) is 11.8 Å². The first-order valence-corrected chi connectivity index (χ1v) is 10.4. The SMILES string of the molecule is COc1cc(OC(C)c2ncc(C(F)(F)F)cc2F)ccc1-c1nc(-c2ccc(F)nc2)[nH]c1Cl. The fourth-order valence-corrected chi connectivity index (χ4v) is 3.52. The van der Waals surface area contributed by atoms with Crippen LogP contribution in [0.2, 0.25) is 5.15 Å². The number of imidazole rings is 1. The third kappa shape index (κ3) is 5.19. The number of methoxy groups -OCH3 is 1. The number of nitrogens with one attached hydrogen (secondary N) is 1. The van der Waals surface area contributed by atoms with Gasteiger partial charge in [-0.25, -0.2) is 14.4 Å². The topological polar surface area (TPSA) is 72.9 Å². The predicted octanol–water partition coefficient (Wildman–Crippen LogP) is 6.63. The maximum Gasteiger partial charge on any atom is 0.417 e. The number of aromatic nitrogens is 4. The molecule has 35 heavy (non-hydrogen) atoms. The van der Waals surface area contributed by atoms with Gasteiger partial charge < -0.3 is 14.5 Å². The van der Waals surface area contributed by atoms with Crippen molar-refractivity contribution in [3.63, 3.8) is 0 Å². The summed E-state index contributed by atoms with van der Waals surface area (Å²) in [7, 11) is 1.41. The molecular weight excluding hydrogens is 495 g/mol. The first-order chi connectivity index (χ1) is 16.6. The van der Waals surface area contributed by atoms with Crippen molar-refractivity contribution in [2.45, 2.75) is 19.2 Å². The Labute approximate surface area is 200 Å². The average Bonchev–Trinajstić information content (AvgIpc) is 3.20. The number of nitrogens with zero attached hydrogens (tertiary/aromatic N) is 3. The van der Waals surface area contributed by atoms with Crippen LogP contribution >= 0.6 is 11.6 Å². The molecule has 0 aliphatic heterocycles. The van der Waals surface area contributed by atoms with Gasteiger partial charge in [-0.2, -0.15) is 17.6 Å². The molecule has 0 amide bonds. The Morgan fingerprint density at radius 2 is 1.80 bits per heavy atom. The van der Waals surface area contributed by atoms with Gasteiger partial charge in [-0.05, 0) is 37.3 Å². The number of pyridine rings is 2. The predicted molar refractivity (Wildman–Crippen MR) is 117 cm³/mol. The summed E-state index contributed by atoms with van der Waals surface area (Å²) in [6, 6.07) is 7.70. The Morgan fingerprint density at radius 3 is 2.43 bits per heavy atom. The molecule has 0 bridgehead atoms. The summed E-state index contributed by atoms with van der Waals surface area (Å²) in [4.78, 5) is 14.5. The van der Waals surface area contributed by atoms with Gasteiger partial charge in [-0.1, -0.05) is 11.6 Å². The number of rotatable bonds is 6. The summed E-state index contributed by atoms with van der Waals surface area (Å²) in [5.74, 6) is -0.856. The molecule has 1 atom stereocenters. The number of alkyl halides is 3. The fraction of sp³-hybridized carbons (Fsp3) is 0.174. The highest BCUT2D eigenvalue weighted by molar-refractivity contribution is 6.32. The van der Waals surface area contributed by atoms with E-state index in [9.17, 15) is 22.0 Å². The lowest BCUT2D eigenvalue weighted by Crippen LogP contribution is -2.12. The van der Waals surface area contributed by atoms with Crippen LogP contribution in [0.25, 0.3) is 22.6 Å². The minimum atomic E-state index is -4.71. The van der Waals surface area contributed by atoms with Crippen molar-refractivity contribution < 1.29 is 31.4 Å². The van der Waals surface area contributed by atoms with Crippen molar-refractivity contribution in [3.8, 4) is 34.1 Å². The van der Waals surface area contributed by atoms with E-state index in [2.05, 4.69) is 19.9 Å². The van der Waals surface area contributed by atoms with Gasteiger partial charge in [0.05, 0.1) is 12.7 Å². The van der Waals surface area contributed by atoms with Crippen LogP contribution in [-0.2, 0) is 6.18 Å². The maximum atomic E-state index is 14.3. The third-order valence-electron chi connectivity index (χ3n) is 4.98. The molecular formula is C23H16ClF5N4O2. The molecule has 0 spiro atoms. The van der Waals surface area contributed by atoms with Crippen molar-refractivity contribution in [3.05, 3.63) is 77.0 Å². The molecule has 4 rings (SSSR count). The van der Waals surface area contributed by atoms with Gasteiger partial charge in [0, 0.05) is 29.6 Å². The fourth-order valence-electron chi connectivity index (χ4n) is 3.29. The Balaban J connectivity index is 1.59. The van der Waals surface area contributed by atoms with E-state index in [0.717, 1.165) is 0 Å². The highest BCUT2D eigenvalue weighted by atomic mass is 35.5. The van der Waals surface area contributed by atoms with Crippen LogP contribution in [0.3, 0.4) is 0 Å². The van der Waals surface area contributed by atoms with Crippen molar-refractivity contribution in [1.82, 2.24) is 19.9 Å². The van der Waals surface area contributed by atoms with Crippen molar-refractivity contribution >= 4 is 11.6 Å². The molecule has 1 N–H and O–H groups in total. The summed E-state index contributed by atoms with van der Waals surface area (Å²) in [5, 5.41) is 0.195. The molecule has 6 nitrogen and oxygen atoms in total. The van der Waals surface area contributed by atoms with E-state index in [1.165, 1.54) is 38.4 Å². The number of aromatic amines is 1. The molecule has 0 saturated carbocycles. The van der Waals surface area contributed by atoms with E-state index < -0.39 is 29.6 Å². The number of H-pyrrole nitrogens is 1. The van der Waals surface area contributed by atoms with Crippen molar-refractivity contribution in [2.24, 2.45) is 0 Å². The number of hydrogen-bond acceptors (Lipinski definition) is 5. The van der Waals surface area contributed by atoms with E-state index in [0.29, 0.717) is 40.7 Å². The van der Waals surface area contributed by atoms with E-state index >= 15 is 0 Å². The zero-order valence-corrected chi connectivity index (χ0v) is 18.9. The molecule has 12 heteroatoms. The molecule has 0 saturated heterocycles. The zero-order chi connectivity index (χ0) is 25.3. The van der Waals surface area contributed by atoms with Gasteiger partial charge in [0.1, 0.15) is 45.8 Å². The van der Waals surface area contributed by atoms with Gasteiger partial charge in [-0.15, -0.1) is 0 Å². The molecule has 0 radical (unpaired) electrons. The largest absolute Gasteiger partial charge is 0.496 e. The van der Waals surface area contributed by atoms with Gasteiger partial charge in [0.15, 0.2) is 0 Å². The molecule has 1 unspecified atom stereocenters. The second kappa shape index (κ2) is 9.49. The Kier molecular flexibility index (Phi) is 6.62. The molecule has 3 aromatic heterocycles. The van der Waals surface area contributed by atoms with Crippen LogP contribution in [0.1, 0.15) is 24.3 Å². The molecule has 3 heterocycles. The Bertz CT molecular complexity index is 1360. The summed E-state index contributed by atoms with van der Waals surface area (Å²) in [6.07, 6.45) is -3.85. The lowest BCUT2D eigenvalue weighted by molar-refractivity contribution is -0.138. The average molecular weight is 511 g/mol. The maximum absolute atomic E-state index is 14.3. The molecule has 182 valence electrons. The van der Waals surface area contributed by atoms with Crippen molar-refractivity contribution in [1.29, 1.82) is 0 Å². The Morgan fingerprint density at radius 1 is 1.03 bits per heavy atom. The molecule has 0 aliphatic rings. The lowest BCUT2D eigenvalue weighted by Gasteiger charge is -2.17. The van der Waals surface area contributed by atoms with E-state index in [1.807, 2.05) is 0 Å². The van der Waals surface area contributed by atoms with Gasteiger partial charge in [-0.3, -0.25) is 4.98 Å². The summed E-state index contributed by atoms with van der Waals surface area (Å²) >= 11 is 6.33. The zero-order valence-electron chi connectivity index (χ0n) is 18.1. The van der Waals surface area contributed by atoms with Gasteiger partial charge >= 0.3 is 6.18 Å². The number of hydrogen-bond donors (Lipinski definition) is 1. The third-order valence-corrected chi connectivity index (χ3v) is 5.26. The van der Waals surface area contributed by atoms with Crippen LogP contribution < -0.4 is 9.47 Å². The first-order valence-electron chi connectivity index (χ1n) is 10.0. The van der Waals surface area contributed by atoms with E-state index in [1.54, 1.807) is 12.1 Å². The molecule has 0 fully saturated rings. The lowest BCUT2D eigenvalue weighted by atomic mass is 10.1.